The van der Waals surface area contributed by atoms with Gasteiger partial charge in [-0.1, -0.05) is 102 Å². The normalized spacial score (nSPS) is 12.3. The van der Waals surface area contributed by atoms with Crippen LogP contribution in [0.1, 0.15) is 41.5 Å². The van der Waals surface area contributed by atoms with Gasteiger partial charge in [-0.3, -0.25) is 0 Å². The molecule has 0 saturated carbocycles. The van der Waals surface area contributed by atoms with Crippen LogP contribution in [0.5, 0.6) is 5.75 Å². The van der Waals surface area contributed by atoms with Crippen molar-refractivity contribution in [2.24, 2.45) is 0 Å². The van der Waals surface area contributed by atoms with Gasteiger partial charge in [0.25, 0.3) is 0 Å². The molecule has 5 heteroatoms. The van der Waals surface area contributed by atoms with E-state index in [2.05, 4.69) is 132 Å². The summed E-state index contributed by atoms with van der Waals surface area (Å²) in [4.78, 5) is 1.21. The predicted molar refractivity (Wildman–Crippen MR) is 196 cm³/mol. The summed E-state index contributed by atoms with van der Waals surface area (Å²) in [6.45, 7) is 14.8. The van der Waals surface area contributed by atoms with Crippen molar-refractivity contribution in [3.8, 4) is 38.4 Å². The van der Waals surface area contributed by atoms with E-state index in [9.17, 15) is 0 Å². The number of ether oxygens (including phenoxy) is 1. The number of hydrogen-bond donors (Lipinski definition) is 0. The van der Waals surface area contributed by atoms with Crippen LogP contribution in [0.2, 0.25) is 21.6 Å². The maximum absolute atomic E-state index is 6.85. The van der Waals surface area contributed by atoms with Crippen molar-refractivity contribution >= 4 is 67.0 Å². The molecule has 0 bridgehead atoms. The van der Waals surface area contributed by atoms with Crippen LogP contribution in [0.4, 0.5) is 0 Å². The Bertz CT molecular complexity index is 1880. The van der Waals surface area contributed by atoms with Crippen molar-refractivity contribution in [3.05, 3.63) is 96.0 Å². The molecule has 1 nitrogen and oxygen atoms in total. The third-order valence-electron chi connectivity index (χ3n) is 9.36. The highest BCUT2D eigenvalue weighted by Crippen LogP contribution is 2.48. The first kappa shape index (κ1) is 30.1. The molecule has 0 saturated heterocycles. The van der Waals surface area contributed by atoms with Crippen LogP contribution in [0, 0.1) is 0 Å². The standard InChI is InChI=1S/C38H39ClOS2Si/c1-23(2)43(24(3)4,25(5)6)36-22-32-30(18-17-29(37(32)42-36)26-11-9-8-10-12-26)31-19-20-34(39)33-21-35(41-38(31)33)27-13-15-28(40-7)16-14-27/h8-25H,1-7H3. The maximum atomic E-state index is 6.85. The zero-order valence-electron chi connectivity index (χ0n) is 26.0. The Hall–Kier alpha value is -2.89. The molecule has 0 unspecified atom stereocenters. The van der Waals surface area contributed by atoms with Crippen LogP contribution < -0.4 is 9.24 Å². The summed E-state index contributed by atoms with van der Waals surface area (Å²) in [6, 6.07) is 33.0. The number of rotatable bonds is 8. The van der Waals surface area contributed by atoms with Crippen molar-refractivity contribution in [3.63, 3.8) is 0 Å². The lowest BCUT2D eigenvalue weighted by Crippen LogP contribution is -2.54. The third-order valence-corrected chi connectivity index (χ3v) is 20.0. The van der Waals surface area contributed by atoms with Crippen molar-refractivity contribution in [1.29, 1.82) is 0 Å². The molecule has 43 heavy (non-hydrogen) atoms. The van der Waals surface area contributed by atoms with Gasteiger partial charge < -0.3 is 4.74 Å². The van der Waals surface area contributed by atoms with Gasteiger partial charge in [0.15, 0.2) is 0 Å². The summed E-state index contributed by atoms with van der Waals surface area (Å²) in [6.07, 6.45) is 0. The molecule has 2 aromatic heterocycles. The molecule has 0 aliphatic carbocycles. The molecule has 6 rings (SSSR count). The second-order valence-electron chi connectivity index (χ2n) is 12.5. The van der Waals surface area contributed by atoms with E-state index >= 15 is 0 Å². The van der Waals surface area contributed by atoms with Gasteiger partial charge in [0.1, 0.15) is 13.8 Å². The SMILES string of the molecule is COc1ccc(-c2cc3c(Cl)ccc(-c4ccc(-c5ccccc5)c5sc([Si](C(C)C)(C(C)C)C(C)C)cc45)c3s2)cc1. The number of fused-ring (bicyclic) bond motifs is 2. The van der Waals surface area contributed by atoms with E-state index in [4.69, 9.17) is 16.3 Å². The molecular formula is C38H39ClOS2Si. The summed E-state index contributed by atoms with van der Waals surface area (Å²) in [7, 11) is -0.151. The quantitative estimate of drug-likeness (QED) is 0.151. The van der Waals surface area contributed by atoms with Gasteiger partial charge in [-0.05, 0) is 85.8 Å². The average Bonchev–Trinajstić information content (AvgIpc) is 3.64. The minimum absolute atomic E-state index is 0.649. The second kappa shape index (κ2) is 11.9. The smallest absolute Gasteiger partial charge is 0.118 e. The highest BCUT2D eigenvalue weighted by molar-refractivity contribution is 7.32. The van der Waals surface area contributed by atoms with Crippen molar-refractivity contribution in [1.82, 2.24) is 0 Å². The van der Waals surface area contributed by atoms with Gasteiger partial charge >= 0.3 is 0 Å². The molecule has 0 atom stereocenters. The van der Waals surface area contributed by atoms with Gasteiger partial charge in [0.05, 0.1) is 7.11 Å². The topological polar surface area (TPSA) is 9.23 Å². The van der Waals surface area contributed by atoms with E-state index in [1.807, 2.05) is 23.5 Å². The summed E-state index contributed by atoms with van der Waals surface area (Å²) in [5.41, 5.74) is 8.27. The van der Waals surface area contributed by atoms with Crippen LogP contribution in [0.25, 0.3) is 52.9 Å². The molecule has 0 radical (unpaired) electrons. The average molecular weight is 639 g/mol. The Morgan fingerprint density at radius 2 is 1.21 bits per heavy atom. The fourth-order valence-electron chi connectivity index (χ4n) is 7.47. The fourth-order valence-corrected chi connectivity index (χ4v) is 19.2. The lowest BCUT2D eigenvalue weighted by Gasteiger charge is -2.42. The molecule has 2 heterocycles. The van der Waals surface area contributed by atoms with E-state index < -0.39 is 8.07 Å². The molecule has 220 valence electrons. The van der Waals surface area contributed by atoms with Crippen LogP contribution in [-0.4, -0.2) is 15.2 Å². The van der Waals surface area contributed by atoms with E-state index in [1.54, 1.807) is 11.6 Å². The van der Waals surface area contributed by atoms with Crippen LogP contribution in [-0.2, 0) is 0 Å². The molecule has 0 fully saturated rings. The molecule has 6 aromatic rings. The van der Waals surface area contributed by atoms with E-state index in [1.165, 1.54) is 47.5 Å². The summed E-state index contributed by atoms with van der Waals surface area (Å²) in [5.74, 6) is 0.863. The lowest BCUT2D eigenvalue weighted by molar-refractivity contribution is 0.415. The zero-order valence-corrected chi connectivity index (χ0v) is 29.4. The second-order valence-corrected chi connectivity index (χ2v) is 21.2. The predicted octanol–water partition coefficient (Wildman–Crippen LogP) is 12.7. The molecule has 0 spiro atoms. The Morgan fingerprint density at radius 1 is 0.605 bits per heavy atom. The largest absolute Gasteiger partial charge is 0.497 e. The van der Waals surface area contributed by atoms with Crippen LogP contribution >= 0.6 is 34.3 Å². The lowest BCUT2D eigenvalue weighted by atomic mass is 9.96. The van der Waals surface area contributed by atoms with Crippen LogP contribution in [0.3, 0.4) is 0 Å². The Kier molecular flexibility index (Phi) is 8.34. The number of hydrogen-bond acceptors (Lipinski definition) is 3. The highest BCUT2D eigenvalue weighted by atomic mass is 35.5. The zero-order chi connectivity index (χ0) is 30.5. The Labute approximate surface area is 270 Å². The number of methoxy groups -OCH3 is 1. The first-order valence-corrected chi connectivity index (χ1v) is 19.4. The molecule has 0 amide bonds. The minimum atomic E-state index is -1.86. The Morgan fingerprint density at radius 3 is 1.84 bits per heavy atom. The summed E-state index contributed by atoms with van der Waals surface area (Å²) >= 11 is 10.7. The van der Waals surface area contributed by atoms with Gasteiger partial charge in [0.2, 0.25) is 0 Å². The third kappa shape index (κ3) is 5.07. The van der Waals surface area contributed by atoms with Crippen molar-refractivity contribution < 1.29 is 4.74 Å². The molecule has 0 aliphatic rings. The van der Waals surface area contributed by atoms with Gasteiger partial charge in [-0.25, -0.2) is 0 Å². The number of benzene rings is 4. The van der Waals surface area contributed by atoms with Crippen LogP contribution in [0.15, 0.2) is 91.0 Å². The monoisotopic (exact) mass is 638 g/mol. The van der Waals surface area contributed by atoms with Gasteiger partial charge in [-0.2, -0.15) is 0 Å². The first-order chi connectivity index (χ1) is 20.7. The van der Waals surface area contributed by atoms with Gasteiger partial charge in [-0.15, -0.1) is 22.7 Å². The summed E-state index contributed by atoms with van der Waals surface area (Å²) in [5, 5.41) is 3.27. The molecule has 0 N–H and O–H groups in total. The molecule has 4 aromatic carbocycles. The van der Waals surface area contributed by atoms with E-state index in [0.29, 0.717) is 16.6 Å². The fraction of sp³-hybridized carbons (Fsp3) is 0.263. The molecular weight excluding hydrogens is 600 g/mol. The number of thiophene rings is 2. The van der Waals surface area contributed by atoms with E-state index in [-0.39, 0.29) is 0 Å². The summed E-state index contributed by atoms with van der Waals surface area (Å²) < 4.78 is 9.66. The Balaban J connectivity index is 1.63. The minimum Gasteiger partial charge on any atom is -0.497 e. The maximum Gasteiger partial charge on any atom is 0.118 e. The van der Waals surface area contributed by atoms with Crippen molar-refractivity contribution in [2.75, 3.05) is 7.11 Å². The van der Waals surface area contributed by atoms with Gasteiger partial charge in [0, 0.05) is 35.6 Å². The van der Waals surface area contributed by atoms with Crippen molar-refractivity contribution in [2.45, 2.75) is 58.2 Å². The number of halogens is 1. The van der Waals surface area contributed by atoms with E-state index in [0.717, 1.165) is 16.2 Å². The first-order valence-electron chi connectivity index (χ1n) is 15.2. The highest BCUT2D eigenvalue weighted by Gasteiger charge is 2.45. The molecule has 0 aliphatic heterocycles.